The Labute approximate surface area is 123 Å². The van der Waals surface area contributed by atoms with E-state index in [9.17, 15) is 4.39 Å². The maximum absolute atomic E-state index is 13.1. The fourth-order valence-corrected chi connectivity index (χ4v) is 1.99. The summed E-state index contributed by atoms with van der Waals surface area (Å²) in [6.07, 6.45) is 0.877. The third-order valence-corrected chi connectivity index (χ3v) is 3.20. The molecule has 4 heteroatoms. The second-order valence-corrected chi connectivity index (χ2v) is 4.83. The first kappa shape index (κ1) is 14.8. The molecule has 2 rings (SSSR count). The standard InChI is InChI=1S/C16H17ClFNO/c17-16-8-7-14(18)11-13(16)12-19-9-4-10-20-15-5-2-1-3-6-15/h1-3,5-8,11,19H,4,9-10,12H2. The van der Waals surface area contributed by atoms with Crippen molar-refractivity contribution in [2.24, 2.45) is 0 Å². The number of benzene rings is 2. The van der Waals surface area contributed by atoms with Gasteiger partial charge < -0.3 is 10.1 Å². The van der Waals surface area contributed by atoms with Gasteiger partial charge in [-0.05, 0) is 48.9 Å². The molecule has 2 aromatic carbocycles. The summed E-state index contributed by atoms with van der Waals surface area (Å²) < 4.78 is 18.6. The van der Waals surface area contributed by atoms with Crippen LogP contribution in [0.5, 0.6) is 5.75 Å². The van der Waals surface area contributed by atoms with Crippen molar-refractivity contribution in [1.29, 1.82) is 0 Å². The van der Waals surface area contributed by atoms with Crippen molar-refractivity contribution in [3.63, 3.8) is 0 Å². The van der Waals surface area contributed by atoms with Crippen molar-refractivity contribution in [3.05, 3.63) is 64.9 Å². The Balaban J connectivity index is 1.63. The topological polar surface area (TPSA) is 21.3 Å². The quantitative estimate of drug-likeness (QED) is 0.778. The molecule has 1 N–H and O–H groups in total. The molecule has 0 aromatic heterocycles. The fourth-order valence-electron chi connectivity index (χ4n) is 1.81. The highest BCUT2D eigenvalue weighted by atomic mass is 35.5. The number of nitrogens with one attached hydrogen (secondary N) is 1. The van der Waals surface area contributed by atoms with Gasteiger partial charge in [0, 0.05) is 11.6 Å². The van der Waals surface area contributed by atoms with Gasteiger partial charge >= 0.3 is 0 Å². The number of rotatable bonds is 7. The highest BCUT2D eigenvalue weighted by molar-refractivity contribution is 6.31. The van der Waals surface area contributed by atoms with E-state index in [1.165, 1.54) is 12.1 Å². The normalized spacial score (nSPS) is 10.5. The van der Waals surface area contributed by atoms with Crippen LogP contribution in [0, 0.1) is 5.82 Å². The van der Waals surface area contributed by atoms with Crippen LogP contribution >= 0.6 is 11.6 Å². The SMILES string of the molecule is Fc1ccc(Cl)c(CNCCCOc2ccccc2)c1. The molecule has 106 valence electrons. The third kappa shape index (κ3) is 4.83. The van der Waals surface area contributed by atoms with E-state index in [2.05, 4.69) is 5.32 Å². The van der Waals surface area contributed by atoms with Gasteiger partial charge in [-0.3, -0.25) is 0 Å². The van der Waals surface area contributed by atoms with Crippen molar-refractivity contribution in [2.75, 3.05) is 13.2 Å². The van der Waals surface area contributed by atoms with E-state index in [-0.39, 0.29) is 5.82 Å². The van der Waals surface area contributed by atoms with E-state index < -0.39 is 0 Å². The first-order valence-corrected chi connectivity index (χ1v) is 6.96. The summed E-state index contributed by atoms with van der Waals surface area (Å²) >= 11 is 5.98. The van der Waals surface area contributed by atoms with Crippen molar-refractivity contribution < 1.29 is 9.13 Å². The molecule has 0 spiro atoms. The lowest BCUT2D eigenvalue weighted by atomic mass is 10.2. The van der Waals surface area contributed by atoms with Crippen LogP contribution in [0.4, 0.5) is 4.39 Å². The molecule has 0 saturated heterocycles. The highest BCUT2D eigenvalue weighted by Crippen LogP contribution is 2.16. The van der Waals surface area contributed by atoms with Gasteiger partial charge in [0.05, 0.1) is 6.61 Å². The van der Waals surface area contributed by atoms with Crippen LogP contribution < -0.4 is 10.1 Å². The molecule has 0 amide bonds. The van der Waals surface area contributed by atoms with Crippen LogP contribution in [-0.2, 0) is 6.54 Å². The second-order valence-electron chi connectivity index (χ2n) is 4.43. The molecule has 2 aromatic rings. The number of hydrogen-bond acceptors (Lipinski definition) is 2. The van der Waals surface area contributed by atoms with Crippen LogP contribution in [0.15, 0.2) is 48.5 Å². The molecule has 0 atom stereocenters. The predicted octanol–water partition coefficient (Wildman–Crippen LogP) is 4.04. The molecule has 0 unspecified atom stereocenters. The zero-order valence-electron chi connectivity index (χ0n) is 11.1. The summed E-state index contributed by atoms with van der Waals surface area (Å²) in [6.45, 7) is 2.00. The predicted molar refractivity (Wildman–Crippen MR) is 79.7 cm³/mol. The lowest BCUT2D eigenvalue weighted by molar-refractivity contribution is 0.308. The van der Waals surface area contributed by atoms with Gasteiger partial charge in [0.15, 0.2) is 0 Å². The van der Waals surface area contributed by atoms with E-state index in [1.807, 2.05) is 30.3 Å². The van der Waals surface area contributed by atoms with Gasteiger partial charge in [-0.2, -0.15) is 0 Å². The van der Waals surface area contributed by atoms with E-state index in [0.717, 1.165) is 24.3 Å². The first-order valence-electron chi connectivity index (χ1n) is 6.58. The Morgan fingerprint density at radius 1 is 1.10 bits per heavy atom. The molecule has 0 fully saturated rings. The molecular weight excluding hydrogens is 277 g/mol. The van der Waals surface area contributed by atoms with Crippen LogP contribution in [0.1, 0.15) is 12.0 Å². The summed E-state index contributed by atoms with van der Waals surface area (Å²) in [7, 11) is 0. The summed E-state index contributed by atoms with van der Waals surface area (Å²) in [5, 5.41) is 3.81. The van der Waals surface area contributed by atoms with E-state index in [1.54, 1.807) is 6.07 Å². The van der Waals surface area contributed by atoms with Crippen molar-refractivity contribution in [1.82, 2.24) is 5.32 Å². The minimum Gasteiger partial charge on any atom is -0.494 e. The third-order valence-electron chi connectivity index (χ3n) is 2.83. The molecular formula is C16H17ClFNO. The van der Waals surface area contributed by atoms with Crippen LogP contribution in [0.2, 0.25) is 5.02 Å². The van der Waals surface area contributed by atoms with Crippen LogP contribution in [-0.4, -0.2) is 13.2 Å². The lowest BCUT2D eigenvalue weighted by Crippen LogP contribution is -2.17. The smallest absolute Gasteiger partial charge is 0.123 e. The molecule has 0 radical (unpaired) electrons. The van der Waals surface area contributed by atoms with Crippen LogP contribution in [0.25, 0.3) is 0 Å². The first-order chi connectivity index (χ1) is 9.75. The number of hydrogen-bond donors (Lipinski definition) is 1. The molecule has 20 heavy (non-hydrogen) atoms. The monoisotopic (exact) mass is 293 g/mol. The fraction of sp³-hybridized carbons (Fsp3) is 0.250. The Kier molecular flexibility index (Phi) is 5.84. The van der Waals surface area contributed by atoms with E-state index >= 15 is 0 Å². The summed E-state index contributed by atoms with van der Waals surface area (Å²) in [4.78, 5) is 0. The van der Waals surface area contributed by atoms with Crippen molar-refractivity contribution in [3.8, 4) is 5.75 Å². The average Bonchev–Trinajstić information content (AvgIpc) is 2.47. The number of halogens is 2. The molecule has 2 nitrogen and oxygen atoms in total. The van der Waals surface area contributed by atoms with E-state index in [4.69, 9.17) is 16.3 Å². The summed E-state index contributed by atoms with van der Waals surface area (Å²) in [5.74, 6) is 0.610. The maximum Gasteiger partial charge on any atom is 0.123 e. The molecule has 0 aliphatic rings. The summed E-state index contributed by atoms with van der Waals surface area (Å²) in [5.41, 5.74) is 0.774. The molecule has 0 saturated carbocycles. The number of para-hydroxylation sites is 1. The van der Waals surface area contributed by atoms with Gasteiger partial charge in [-0.15, -0.1) is 0 Å². The second kappa shape index (κ2) is 7.88. The van der Waals surface area contributed by atoms with Gasteiger partial charge in [-0.1, -0.05) is 29.8 Å². The molecule has 0 bridgehead atoms. The zero-order chi connectivity index (χ0) is 14.2. The maximum atomic E-state index is 13.1. The van der Waals surface area contributed by atoms with Crippen molar-refractivity contribution in [2.45, 2.75) is 13.0 Å². The van der Waals surface area contributed by atoms with Gasteiger partial charge in [-0.25, -0.2) is 4.39 Å². The van der Waals surface area contributed by atoms with Gasteiger partial charge in [0.1, 0.15) is 11.6 Å². The lowest BCUT2D eigenvalue weighted by Gasteiger charge is -2.08. The molecule has 0 aliphatic heterocycles. The molecule has 0 aliphatic carbocycles. The minimum absolute atomic E-state index is 0.265. The zero-order valence-corrected chi connectivity index (χ0v) is 11.9. The largest absolute Gasteiger partial charge is 0.494 e. The molecule has 0 heterocycles. The van der Waals surface area contributed by atoms with Crippen LogP contribution in [0.3, 0.4) is 0 Å². The summed E-state index contributed by atoms with van der Waals surface area (Å²) in [6, 6.07) is 14.1. The average molecular weight is 294 g/mol. The minimum atomic E-state index is -0.265. The number of ether oxygens (including phenoxy) is 1. The van der Waals surface area contributed by atoms with Gasteiger partial charge in [0.25, 0.3) is 0 Å². The Morgan fingerprint density at radius 3 is 2.70 bits per heavy atom. The highest BCUT2D eigenvalue weighted by Gasteiger charge is 2.01. The van der Waals surface area contributed by atoms with Crippen molar-refractivity contribution >= 4 is 11.6 Å². The van der Waals surface area contributed by atoms with Gasteiger partial charge in [0.2, 0.25) is 0 Å². The van der Waals surface area contributed by atoms with E-state index in [0.29, 0.717) is 18.2 Å². The Bertz CT molecular complexity index is 533. The Hall–Kier alpha value is -1.58. The Morgan fingerprint density at radius 2 is 1.90 bits per heavy atom.